The Morgan fingerprint density at radius 2 is 1.94 bits per heavy atom. The smallest absolute Gasteiger partial charge is 0.118 e. The van der Waals surface area contributed by atoms with Gasteiger partial charge in [-0.1, -0.05) is 12.1 Å². The van der Waals surface area contributed by atoms with Crippen LogP contribution in [0.3, 0.4) is 0 Å². The van der Waals surface area contributed by atoms with Gasteiger partial charge in [0.05, 0.1) is 19.3 Å². The van der Waals surface area contributed by atoms with Gasteiger partial charge in [0.25, 0.3) is 0 Å². The summed E-state index contributed by atoms with van der Waals surface area (Å²) >= 11 is 0. The van der Waals surface area contributed by atoms with Gasteiger partial charge in [-0.3, -0.25) is 0 Å². The van der Waals surface area contributed by atoms with Crippen molar-refractivity contribution in [3.8, 4) is 5.75 Å². The third-order valence-corrected chi connectivity index (χ3v) is 3.53. The van der Waals surface area contributed by atoms with E-state index in [4.69, 9.17) is 9.47 Å². The minimum absolute atomic E-state index is 0.389. The van der Waals surface area contributed by atoms with E-state index >= 15 is 0 Å². The molecule has 0 bridgehead atoms. The highest BCUT2D eigenvalue weighted by atomic mass is 16.5. The zero-order valence-electron chi connectivity index (χ0n) is 10.9. The van der Waals surface area contributed by atoms with E-state index in [1.54, 1.807) is 14.2 Å². The molecule has 4 heteroatoms. The second-order valence-corrected chi connectivity index (χ2v) is 4.72. The molecular formula is C14H21NO3. The minimum atomic E-state index is -0.475. The number of ether oxygens (including phenoxy) is 2. The molecule has 1 aromatic carbocycles. The summed E-state index contributed by atoms with van der Waals surface area (Å²) in [5.41, 5.74) is 0.908. The number of methoxy groups -OCH3 is 2. The molecule has 100 valence electrons. The highest BCUT2D eigenvalue weighted by molar-refractivity contribution is 5.28. The van der Waals surface area contributed by atoms with Crippen LogP contribution in [-0.2, 0) is 4.74 Å². The summed E-state index contributed by atoms with van der Waals surface area (Å²) in [6.45, 7) is 0.577. The van der Waals surface area contributed by atoms with Crippen LogP contribution in [0.4, 0.5) is 0 Å². The lowest BCUT2D eigenvalue weighted by atomic mass is 9.89. The zero-order valence-corrected chi connectivity index (χ0v) is 10.9. The Morgan fingerprint density at radius 1 is 1.28 bits per heavy atom. The lowest BCUT2D eigenvalue weighted by Crippen LogP contribution is -2.46. The van der Waals surface area contributed by atoms with Gasteiger partial charge in [-0.05, 0) is 30.5 Å². The van der Waals surface area contributed by atoms with E-state index in [9.17, 15) is 5.11 Å². The van der Waals surface area contributed by atoms with Crippen LogP contribution >= 0.6 is 0 Å². The SMILES string of the molecule is COc1ccc(C(O)CNC2CC(OC)C2)cc1. The maximum atomic E-state index is 10.0. The van der Waals surface area contributed by atoms with Crippen LogP contribution in [0.15, 0.2) is 24.3 Å². The molecule has 1 unspecified atom stereocenters. The van der Waals surface area contributed by atoms with Gasteiger partial charge in [0.1, 0.15) is 5.75 Å². The number of aliphatic hydroxyl groups is 1. The first-order valence-corrected chi connectivity index (χ1v) is 6.31. The number of benzene rings is 1. The molecule has 1 saturated carbocycles. The van der Waals surface area contributed by atoms with Crippen molar-refractivity contribution in [2.24, 2.45) is 0 Å². The van der Waals surface area contributed by atoms with Gasteiger partial charge >= 0.3 is 0 Å². The average molecular weight is 251 g/mol. The molecule has 0 amide bonds. The van der Waals surface area contributed by atoms with Crippen molar-refractivity contribution in [2.45, 2.75) is 31.1 Å². The second kappa shape index (κ2) is 6.18. The van der Waals surface area contributed by atoms with Crippen LogP contribution in [-0.4, -0.2) is 38.0 Å². The Hall–Kier alpha value is -1.10. The zero-order chi connectivity index (χ0) is 13.0. The Kier molecular flexibility index (Phi) is 4.58. The van der Waals surface area contributed by atoms with E-state index < -0.39 is 6.10 Å². The molecule has 0 saturated heterocycles. The first kappa shape index (κ1) is 13.3. The van der Waals surface area contributed by atoms with Crippen molar-refractivity contribution in [3.63, 3.8) is 0 Å². The number of hydrogen-bond acceptors (Lipinski definition) is 4. The molecule has 4 nitrogen and oxygen atoms in total. The van der Waals surface area contributed by atoms with Crippen LogP contribution in [0.1, 0.15) is 24.5 Å². The number of nitrogens with one attached hydrogen (secondary N) is 1. The average Bonchev–Trinajstić information content (AvgIpc) is 2.37. The fourth-order valence-corrected chi connectivity index (χ4v) is 2.15. The summed E-state index contributed by atoms with van der Waals surface area (Å²) in [5.74, 6) is 0.806. The van der Waals surface area contributed by atoms with E-state index in [-0.39, 0.29) is 0 Å². The normalized spacial score (nSPS) is 24.4. The van der Waals surface area contributed by atoms with Gasteiger partial charge in [0.2, 0.25) is 0 Å². The van der Waals surface area contributed by atoms with Gasteiger partial charge in [-0.2, -0.15) is 0 Å². The molecule has 0 aromatic heterocycles. The molecule has 0 heterocycles. The highest BCUT2D eigenvalue weighted by Gasteiger charge is 2.28. The Bertz CT molecular complexity index is 360. The Morgan fingerprint density at radius 3 is 2.50 bits per heavy atom. The monoisotopic (exact) mass is 251 g/mol. The largest absolute Gasteiger partial charge is 0.497 e. The van der Waals surface area contributed by atoms with Gasteiger partial charge < -0.3 is 19.9 Å². The van der Waals surface area contributed by atoms with Crippen molar-refractivity contribution >= 4 is 0 Å². The maximum absolute atomic E-state index is 10.0. The van der Waals surface area contributed by atoms with E-state index in [2.05, 4.69) is 5.32 Å². The summed E-state index contributed by atoms with van der Waals surface area (Å²) in [5, 5.41) is 13.4. The highest BCUT2D eigenvalue weighted by Crippen LogP contribution is 2.23. The first-order chi connectivity index (χ1) is 8.72. The molecule has 1 atom stereocenters. The van der Waals surface area contributed by atoms with Crippen molar-refractivity contribution in [3.05, 3.63) is 29.8 Å². The third kappa shape index (κ3) is 3.22. The van der Waals surface area contributed by atoms with E-state index in [0.29, 0.717) is 18.7 Å². The van der Waals surface area contributed by atoms with Crippen molar-refractivity contribution in [1.82, 2.24) is 5.32 Å². The fraction of sp³-hybridized carbons (Fsp3) is 0.571. The molecule has 1 fully saturated rings. The maximum Gasteiger partial charge on any atom is 0.118 e. The quantitative estimate of drug-likeness (QED) is 0.804. The summed E-state index contributed by atoms with van der Waals surface area (Å²) in [4.78, 5) is 0. The summed E-state index contributed by atoms with van der Waals surface area (Å²) in [6, 6.07) is 7.99. The lowest BCUT2D eigenvalue weighted by molar-refractivity contribution is 0.0137. The van der Waals surface area contributed by atoms with Gasteiger partial charge in [-0.15, -0.1) is 0 Å². The second-order valence-electron chi connectivity index (χ2n) is 4.72. The van der Waals surface area contributed by atoms with Crippen LogP contribution in [0.5, 0.6) is 5.75 Å². The molecule has 0 radical (unpaired) electrons. The first-order valence-electron chi connectivity index (χ1n) is 6.31. The Labute approximate surface area is 108 Å². The number of hydrogen-bond donors (Lipinski definition) is 2. The lowest BCUT2D eigenvalue weighted by Gasteiger charge is -2.35. The number of aliphatic hydroxyl groups excluding tert-OH is 1. The Balaban J connectivity index is 1.75. The van der Waals surface area contributed by atoms with Crippen LogP contribution < -0.4 is 10.1 Å². The van der Waals surface area contributed by atoms with E-state index in [1.165, 1.54) is 0 Å². The molecule has 18 heavy (non-hydrogen) atoms. The van der Waals surface area contributed by atoms with Gasteiger partial charge in [0.15, 0.2) is 0 Å². The van der Waals surface area contributed by atoms with Crippen LogP contribution in [0.25, 0.3) is 0 Å². The summed E-state index contributed by atoms with van der Waals surface area (Å²) < 4.78 is 10.3. The van der Waals surface area contributed by atoms with Gasteiger partial charge in [0, 0.05) is 19.7 Å². The molecule has 1 aliphatic rings. The molecular weight excluding hydrogens is 230 g/mol. The number of rotatable bonds is 6. The predicted octanol–water partition coefficient (Wildman–Crippen LogP) is 1.50. The molecule has 2 N–H and O–H groups in total. The topological polar surface area (TPSA) is 50.7 Å². The molecule has 1 aromatic rings. The fourth-order valence-electron chi connectivity index (χ4n) is 2.15. The minimum Gasteiger partial charge on any atom is -0.497 e. The predicted molar refractivity (Wildman–Crippen MR) is 69.8 cm³/mol. The van der Waals surface area contributed by atoms with E-state index in [0.717, 1.165) is 24.2 Å². The van der Waals surface area contributed by atoms with Crippen LogP contribution in [0, 0.1) is 0 Å². The molecule has 1 aliphatic carbocycles. The van der Waals surface area contributed by atoms with Crippen molar-refractivity contribution in [1.29, 1.82) is 0 Å². The standard InChI is InChI=1S/C14H21NO3/c1-17-12-5-3-10(4-6-12)14(16)9-15-11-7-13(8-11)18-2/h3-6,11,13-16H,7-9H2,1-2H3. The van der Waals surface area contributed by atoms with E-state index in [1.807, 2.05) is 24.3 Å². The van der Waals surface area contributed by atoms with Gasteiger partial charge in [-0.25, -0.2) is 0 Å². The molecule has 0 spiro atoms. The van der Waals surface area contributed by atoms with Crippen LogP contribution in [0.2, 0.25) is 0 Å². The summed E-state index contributed by atoms with van der Waals surface area (Å²) in [7, 11) is 3.38. The summed E-state index contributed by atoms with van der Waals surface area (Å²) in [6.07, 6.45) is 1.98. The molecule has 0 aliphatic heterocycles. The third-order valence-electron chi connectivity index (χ3n) is 3.53. The van der Waals surface area contributed by atoms with Crippen molar-refractivity contribution < 1.29 is 14.6 Å². The molecule has 2 rings (SSSR count). The van der Waals surface area contributed by atoms with Crippen molar-refractivity contribution in [2.75, 3.05) is 20.8 Å².